The summed E-state index contributed by atoms with van der Waals surface area (Å²) in [5.74, 6) is 0.330. The minimum Gasteiger partial charge on any atom is -0.229 e. The van der Waals surface area contributed by atoms with Gasteiger partial charge in [-0.3, -0.25) is 0 Å². The summed E-state index contributed by atoms with van der Waals surface area (Å²) in [7, 11) is 0. The fraction of sp³-hybridized carbons (Fsp3) is 0.273. The van der Waals surface area contributed by atoms with Crippen LogP contribution in [0.1, 0.15) is 25.3 Å². The molecule has 0 saturated carbocycles. The molecule has 0 aliphatic carbocycles. The summed E-state index contributed by atoms with van der Waals surface area (Å²) in [5, 5.41) is 3.57. The lowest BCUT2D eigenvalue weighted by atomic mass is 10.1. The van der Waals surface area contributed by atoms with Crippen molar-refractivity contribution >= 4 is 34.7 Å². The van der Waals surface area contributed by atoms with E-state index in [4.69, 9.17) is 11.6 Å². The summed E-state index contributed by atoms with van der Waals surface area (Å²) in [4.78, 5) is 8.34. The lowest BCUT2D eigenvalue weighted by Crippen LogP contribution is -1.97. The Balaban J connectivity index is 2.37. The number of halogens is 1. The van der Waals surface area contributed by atoms with Crippen LogP contribution in [-0.2, 0) is 0 Å². The van der Waals surface area contributed by atoms with E-state index >= 15 is 0 Å². The largest absolute Gasteiger partial charge is 0.229 e. The van der Waals surface area contributed by atoms with Gasteiger partial charge in [0, 0.05) is 5.56 Å². The third-order valence-electron chi connectivity index (χ3n) is 2.07. The van der Waals surface area contributed by atoms with Crippen LogP contribution in [0.4, 0.5) is 0 Å². The first-order chi connectivity index (χ1) is 7.68. The molecule has 0 aromatic carbocycles. The highest BCUT2D eigenvalue weighted by atomic mass is 35.5. The van der Waals surface area contributed by atoms with Crippen LogP contribution >= 0.6 is 34.7 Å². The van der Waals surface area contributed by atoms with Gasteiger partial charge in [-0.25, -0.2) is 9.97 Å². The highest BCUT2D eigenvalue weighted by Crippen LogP contribution is 2.36. The van der Waals surface area contributed by atoms with E-state index in [0.29, 0.717) is 11.1 Å². The van der Waals surface area contributed by atoms with E-state index < -0.39 is 0 Å². The first kappa shape index (κ1) is 11.9. The highest BCUT2D eigenvalue weighted by Gasteiger charge is 2.14. The van der Waals surface area contributed by atoms with Crippen molar-refractivity contribution in [2.75, 3.05) is 0 Å². The van der Waals surface area contributed by atoms with E-state index in [9.17, 15) is 0 Å². The second-order valence-corrected chi connectivity index (χ2v) is 6.17. The van der Waals surface area contributed by atoms with E-state index in [-0.39, 0.29) is 0 Å². The first-order valence-corrected chi connectivity index (χ1v) is 6.97. The predicted molar refractivity (Wildman–Crippen MR) is 69.6 cm³/mol. The predicted octanol–water partition coefficient (Wildman–Crippen LogP) is 4.47. The van der Waals surface area contributed by atoms with Gasteiger partial charge in [-0.1, -0.05) is 43.3 Å². The van der Waals surface area contributed by atoms with E-state index in [1.807, 2.05) is 6.07 Å². The first-order valence-electron chi connectivity index (χ1n) is 4.90. The third-order valence-corrected chi connectivity index (χ3v) is 4.43. The van der Waals surface area contributed by atoms with Crippen molar-refractivity contribution in [1.82, 2.24) is 9.97 Å². The second kappa shape index (κ2) is 5.17. The second-order valence-electron chi connectivity index (χ2n) is 3.57. The number of hydrogen-bond donors (Lipinski definition) is 0. The van der Waals surface area contributed by atoms with Crippen LogP contribution in [0.3, 0.4) is 0 Å². The fourth-order valence-corrected chi connectivity index (χ4v) is 3.67. The van der Waals surface area contributed by atoms with Crippen LogP contribution in [0.2, 0.25) is 5.15 Å². The number of nitrogens with zero attached hydrogens (tertiary/aromatic N) is 2. The molecule has 2 aromatic rings. The molecule has 0 atom stereocenters. The van der Waals surface area contributed by atoms with Crippen molar-refractivity contribution in [1.29, 1.82) is 0 Å². The van der Waals surface area contributed by atoms with Gasteiger partial charge in [0.1, 0.15) is 16.5 Å². The Kier molecular flexibility index (Phi) is 3.84. The van der Waals surface area contributed by atoms with Crippen LogP contribution in [0.15, 0.2) is 33.1 Å². The molecule has 0 radical (unpaired) electrons. The minimum absolute atomic E-state index is 0.330. The van der Waals surface area contributed by atoms with E-state index in [0.717, 1.165) is 10.6 Å². The molecule has 0 amide bonds. The van der Waals surface area contributed by atoms with Crippen LogP contribution in [0, 0.1) is 0 Å². The summed E-state index contributed by atoms with van der Waals surface area (Å²) in [5.41, 5.74) is 1.03. The zero-order valence-electron chi connectivity index (χ0n) is 8.98. The van der Waals surface area contributed by atoms with Gasteiger partial charge in [0.25, 0.3) is 0 Å². The molecular formula is C11H11ClN2S2. The molecule has 0 aliphatic heterocycles. The molecule has 0 N–H and O–H groups in total. The monoisotopic (exact) mass is 270 g/mol. The molecule has 2 heterocycles. The maximum Gasteiger partial charge on any atom is 0.137 e. The lowest BCUT2D eigenvalue weighted by molar-refractivity contribution is 0.803. The molecule has 0 fully saturated rings. The number of aromatic nitrogens is 2. The molecule has 0 spiro atoms. The molecule has 16 heavy (non-hydrogen) atoms. The molecule has 5 heteroatoms. The van der Waals surface area contributed by atoms with Gasteiger partial charge in [-0.2, -0.15) is 0 Å². The zero-order valence-corrected chi connectivity index (χ0v) is 11.4. The van der Waals surface area contributed by atoms with Gasteiger partial charge in [-0.05, 0) is 17.4 Å². The minimum atomic E-state index is 0.330. The van der Waals surface area contributed by atoms with Gasteiger partial charge in [-0.15, -0.1) is 11.3 Å². The Morgan fingerprint density at radius 3 is 2.81 bits per heavy atom. The average molecular weight is 271 g/mol. The van der Waals surface area contributed by atoms with Gasteiger partial charge < -0.3 is 0 Å². The van der Waals surface area contributed by atoms with Gasteiger partial charge in [0.05, 0.1) is 4.21 Å². The quantitative estimate of drug-likeness (QED) is 0.770. The van der Waals surface area contributed by atoms with E-state index in [2.05, 4.69) is 35.3 Å². The van der Waals surface area contributed by atoms with Crippen LogP contribution in [0.5, 0.6) is 0 Å². The Labute approximate surface area is 108 Å². The smallest absolute Gasteiger partial charge is 0.137 e. The summed E-state index contributed by atoms with van der Waals surface area (Å²) in [6.07, 6.45) is 1.52. The summed E-state index contributed by atoms with van der Waals surface area (Å²) in [6, 6.07) is 4.11. The Morgan fingerprint density at radius 1 is 1.38 bits per heavy atom. The van der Waals surface area contributed by atoms with Gasteiger partial charge in [0.2, 0.25) is 0 Å². The van der Waals surface area contributed by atoms with Crippen molar-refractivity contribution < 1.29 is 0 Å². The SMILES string of the molecule is CC(C)c1c(Cl)ncnc1Sc1cccs1. The van der Waals surface area contributed by atoms with Crippen LogP contribution in [-0.4, -0.2) is 9.97 Å². The molecule has 2 rings (SSSR count). The standard InChI is InChI=1S/C11H11ClN2S2/c1-7(2)9-10(12)13-6-14-11(9)16-8-4-3-5-15-8/h3-7H,1-2H3. The topological polar surface area (TPSA) is 25.8 Å². The number of rotatable bonds is 3. The molecule has 0 aliphatic rings. The van der Waals surface area contributed by atoms with Crippen molar-refractivity contribution in [3.05, 3.63) is 34.6 Å². The van der Waals surface area contributed by atoms with E-state index in [1.54, 1.807) is 23.1 Å². The molecular weight excluding hydrogens is 260 g/mol. The molecule has 0 unspecified atom stereocenters. The molecule has 2 nitrogen and oxygen atoms in total. The number of hydrogen-bond acceptors (Lipinski definition) is 4. The Bertz CT molecular complexity index is 469. The van der Waals surface area contributed by atoms with Crippen molar-refractivity contribution in [3.63, 3.8) is 0 Å². The maximum atomic E-state index is 6.10. The van der Waals surface area contributed by atoms with Gasteiger partial charge >= 0.3 is 0 Å². The zero-order chi connectivity index (χ0) is 11.5. The van der Waals surface area contributed by atoms with E-state index in [1.165, 1.54) is 10.5 Å². The summed E-state index contributed by atoms with van der Waals surface area (Å²) in [6.45, 7) is 4.20. The summed E-state index contributed by atoms with van der Waals surface area (Å²) < 4.78 is 1.22. The van der Waals surface area contributed by atoms with Crippen molar-refractivity contribution in [3.8, 4) is 0 Å². The van der Waals surface area contributed by atoms with Crippen LogP contribution in [0.25, 0.3) is 0 Å². The highest BCUT2D eigenvalue weighted by molar-refractivity contribution is 8.01. The molecule has 84 valence electrons. The molecule has 0 bridgehead atoms. The Hall–Kier alpha value is -0.580. The normalized spacial score (nSPS) is 11.0. The third kappa shape index (κ3) is 2.56. The lowest BCUT2D eigenvalue weighted by Gasteiger charge is -2.11. The molecule has 2 aromatic heterocycles. The van der Waals surface area contributed by atoms with Crippen molar-refractivity contribution in [2.45, 2.75) is 29.0 Å². The van der Waals surface area contributed by atoms with Crippen LogP contribution < -0.4 is 0 Å². The molecule has 0 saturated heterocycles. The van der Waals surface area contributed by atoms with Crippen molar-refractivity contribution in [2.24, 2.45) is 0 Å². The number of thiophene rings is 1. The fourth-order valence-electron chi connectivity index (χ4n) is 1.34. The maximum absolute atomic E-state index is 6.10. The Morgan fingerprint density at radius 2 is 2.19 bits per heavy atom. The summed E-state index contributed by atoms with van der Waals surface area (Å²) >= 11 is 9.45. The average Bonchev–Trinajstić information content (AvgIpc) is 2.70. The van der Waals surface area contributed by atoms with Gasteiger partial charge in [0.15, 0.2) is 0 Å².